The zero-order valence-corrected chi connectivity index (χ0v) is 64.8. The molecule has 0 fully saturated rings. The summed E-state index contributed by atoms with van der Waals surface area (Å²) < 4.78 is 68.6. The van der Waals surface area contributed by atoms with E-state index in [0.29, 0.717) is 25.7 Å². The molecule has 0 radical (unpaired) electrons. The summed E-state index contributed by atoms with van der Waals surface area (Å²) in [5.41, 5.74) is 0. The van der Waals surface area contributed by atoms with Gasteiger partial charge in [0.1, 0.15) is 19.3 Å². The molecular formula is C79H148O17P2. The van der Waals surface area contributed by atoms with E-state index in [1.807, 2.05) is 0 Å². The molecule has 98 heavy (non-hydrogen) atoms. The number of aliphatic hydroxyl groups is 1. The standard InChI is InChI=1S/C79H148O17P2/c1-5-9-13-17-21-25-29-33-36-40-44-48-52-56-60-64-77(82)90-70-75(96-79(84)66-62-58-54-50-46-42-38-35-31-27-23-19-15-11-7-3)72-94-98(87,88)92-68-73(80)67-91-97(85,86)93-71-74(69-89-76(81)63-59-55-51-47-43-39-32-28-24-20-16-12-8-4)95-78(83)65-61-57-53-49-45-41-37-34-30-26-22-18-14-10-6-2/h21,25,33,35-36,38,73-75,80H,5-20,22-24,26-32,34,37,39-72H2,1-4H3,(H,85,86)(H,87,88)/b25-21-,36-33-,38-35-/t73-,74-,75-/m1/s1. The zero-order chi connectivity index (χ0) is 71.8. The van der Waals surface area contributed by atoms with Crippen molar-refractivity contribution in [1.82, 2.24) is 0 Å². The summed E-state index contributed by atoms with van der Waals surface area (Å²) in [7, 11) is -9.93. The molecule has 0 spiro atoms. The maximum absolute atomic E-state index is 13.1. The third-order valence-corrected chi connectivity index (χ3v) is 19.5. The number of carbonyl (C=O) groups excluding carboxylic acids is 4. The Hall–Kier alpha value is -2.72. The smallest absolute Gasteiger partial charge is 0.462 e. The van der Waals surface area contributed by atoms with Crippen molar-refractivity contribution in [2.45, 2.75) is 406 Å². The fourth-order valence-corrected chi connectivity index (χ4v) is 13.0. The molecule has 576 valence electrons. The molecule has 5 atom stereocenters. The van der Waals surface area contributed by atoms with Gasteiger partial charge in [-0.2, -0.15) is 0 Å². The van der Waals surface area contributed by atoms with E-state index in [4.69, 9.17) is 37.0 Å². The van der Waals surface area contributed by atoms with Crippen LogP contribution < -0.4 is 0 Å². The molecule has 0 aliphatic rings. The normalized spacial score (nSPS) is 14.1. The number of aliphatic hydroxyl groups excluding tert-OH is 1. The second kappa shape index (κ2) is 72.6. The highest BCUT2D eigenvalue weighted by Crippen LogP contribution is 2.45. The molecule has 0 aromatic rings. The minimum Gasteiger partial charge on any atom is -0.462 e. The van der Waals surface area contributed by atoms with Gasteiger partial charge < -0.3 is 33.8 Å². The average molecular weight is 1430 g/mol. The molecule has 0 aromatic heterocycles. The third kappa shape index (κ3) is 71.7. The summed E-state index contributed by atoms with van der Waals surface area (Å²) in [5, 5.41) is 10.6. The SMILES string of the molecule is CCCCC/C=C\C/C=C\CCCCCCCC(=O)OC[C@H](COP(=O)(O)OC[C@H](O)COP(=O)(O)OC[C@@H](COC(=O)CCCCCCCCCCCCCCC)OC(=O)CCCCCCCCCCCCCCCCC)OC(=O)CCCCCCC/C=C\CCCCCCCC. The molecule has 0 saturated heterocycles. The van der Waals surface area contributed by atoms with Gasteiger partial charge in [0, 0.05) is 25.7 Å². The van der Waals surface area contributed by atoms with E-state index in [0.717, 1.165) is 128 Å². The van der Waals surface area contributed by atoms with E-state index in [2.05, 4.69) is 64.2 Å². The fraction of sp³-hybridized carbons (Fsp3) is 0.873. The van der Waals surface area contributed by atoms with E-state index >= 15 is 0 Å². The molecule has 0 heterocycles. The summed E-state index contributed by atoms with van der Waals surface area (Å²) in [6, 6.07) is 0. The molecule has 17 nitrogen and oxygen atoms in total. The number of unbranched alkanes of at least 4 members (excludes halogenated alkanes) is 45. The lowest BCUT2D eigenvalue weighted by Gasteiger charge is -2.21. The van der Waals surface area contributed by atoms with Gasteiger partial charge in [-0.15, -0.1) is 0 Å². The number of phosphoric ester groups is 2. The highest BCUT2D eigenvalue weighted by Gasteiger charge is 2.30. The van der Waals surface area contributed by atoms with Crippen molar-refractivity contribution in [2.75, 3.05) is 39.6 Å². The van der Waals surface area contributed by atoms with E-state index in [1.54, 1.807) is 0 Å². The number of carbonyl (C=O) groups is 4. The summed E-state index contributed by atoms with van der Waals surface area (Å²) >= 11 is 0. The minimum absolute atomic E-state index is 0.0882. The minimum atomic E-state index is -4.97. The Morgan fingerprint density at radius 3 is 0.786 bits per heavy atom. The predicted octanol–water partition coefficient (Wildman–Crippen LogP) is 23.1. The quantitative estimate of drug-likeness (QED) is 0.0169. The van der Waals surface area contributed by atoms with Gasteiger partial charge in [-0.1, -0.05) is 315 Å². The Kier molecular flexibility index (Phi) is 70.6. The summed E-state index contributed by atoms with van der Waals surface area (Å²) in [4.78, 5) is 72.9. The van der Waals surface area contributed by atoms with Crippen molar-refractivity contribution >= 4 is 39.5 Å². The lowest BCUT2D eigenvalue weighted by Crippen LogP contribution is -2.30. The van der Waals surface area contributed by atoms with Gasteiger partial charge in [-0.25, -0.2) is 9.13 Å². The Morgan fingerprint density at radius 1 is 0.286 bits per heavy atom. The van der Waals surface area contributed by atoms with E-state index in [1.165, 1.54) is 180 Å². The molecule has 0 aromatic carbocycles. The fourth-order valence-electron chi connectivity index (χ4n) is 11.4. The predicted molar refractivity (Wildman–Crippen MR) is 400 cm³/mol. The molecule has 0 aliphatic carbocycles. The second-order valence-electron chi connectivity index (χ2n) is 27.4. The number of esters is 4. The summed E-state index contributed by atoms with van der Waals surface area (Å²) in [6.07, 6.45) is 68.3. The van der Waals surface area contributed by atoms with Crippen LogP contribution in [0.15, 0.2) is 36.5 Å². The molecule has 0 aliphatic heterocycles. The van der Waals surface area contributed by atoms with Crippen molar-refractivity contribution < 1.29 is 80.2 Å². The highest BCUT2D eigenvalue weighted by atomic mass is 31.2. The molecule has 19 heteroatoms. The van der Waals surface area contributed by atoms with E-state index in [-0.39, 0.29) is 25.7 Å². The largest absolute Gasteiger partial charge is 0.472 e. The van der Waals surface area contributed by atoms with Gasteiger partial charge in [-0.05, 0) is 83.5 Å². The number of phosphoric acid groups is 2. The van der Waals surface area contributed by atoms with Crippen molar-refractivity contribution in [3.8, 4) is 0 Å². The van der Waals surface area contributed by atoms with Crippen LogP contribution >= 0.6 is 15.6 Å². The Bertz CT molecular complexity index is 2000. The molecule has 3 N–H and O–H groups in total. The van der Waals surface area contributed by atoms with Gasteiger partial charge in [0.2, 0.25) is 0 Å². The van der Waals surface area contributed by atoms with Gasteiger partial charge in [0.05, 0.1) is 26.4 Å². The number of hydrogen-bond acceptors (Lipinski definition) is 15. The monoisotopic (exact) mass is 1430 g/mol. The van der Waals surface area contributed by atoms with Gasteiger partial charge in [-0.3, -0.25) is 37.3 Å². The van der Waals surface area contributed by atoms with Crippen molar-refractivity contribution in [3.05, 3.63) is 36.5 Å². The van der Waals surface area contributed by atoms with Crippen molar-refractivity contribution in [2.24, 2.45) is 0 Å². The zero-order valence-electron chi connectivity index (χ0n) is 63.0. The van der Waals surface area contributed by atoms with Crippen LogP contribution in [0.1, 0.15) is 387 Å². The molecule has 0 amide bonds. The maximum atomic E-state index is 13.1. The van der Waals surface area contributed by atoms with Crippen LogP contribution in [0.4, 0.5) is 0 Å². The third-order valence-electron chi connectivity index (χ3n) is 17.6. The van der Waals surface area contributed by atoms with Crippen LogP contribution in [-0.2, 0) is 65.4 Å². The van der Waals surface area contributed by atoms with Crippen LogP contribution in [0, 0.1) is 0 Å². The number of allylic oxidation sites excluding steroid dienone is 6. The first-order chi connectivity index (χ1) is 47.7. The van der Waals surface area contributed by atoms with Crippen molar-refractivity contribution in [1.29, 1.82) is 0 Å². The molecule has 0 bridgehead atoms. The molecule has 0 saturated carbocycles. The molecular weight excluding hydrogens is 1280 g/mol. The Balaban J connectivity index is 5.32. The maximum Gasteiger partial charge on any atom is 0.472 e. The van der Waals surface area contributed by atoms with Crippen LogP contribution in [0.2, 0.25) is 0 Å². The van der Waals surface area contributed by atoms with Crippen LogP contribution in [0.3, 0.4) is 0 Å². The molecule has 2 unspecified atom stereocenters. The lowest BCUT2D eigenvalue weighted by atomic mass is 10.0. The second-order valence-corrected chi connectivity index (χ2v) is 30.3. The van der Waals surface area contributed by atoms with Crippen LogP contribution in [0.5, 0.6) is 0 Å². The topological polar surface area (TPSA) is 237 Å². The van der Waals surface area contributed by atoms with Gasteiger partial charge in [0.15, 0.2) is 12.2 Å². The first kappa shape index (κ1) is 95.3. The number of ether oxygens (including phenoxy) is 4. The average Bonchev–Trinajstić information content (AvgIpc) is 1.04. The summed E-state index contributed by atoms with van der Waals surface area (Å²) in [5.74, 6) is -2.15. The van der Waals surface area contributed by atoms with E-state index in [9.17, 15) is 43.2 Å². The van der Waals surface area contributed by atoms with E-state index < -0.39 is 97.5 Å². The Labute approximate surface area is 598 Å². The number of rotatable bonds is 77. The number of hydrogen-bond donors (Lipinski definition) is 3. The first-order valence-electron chi connectivity index (χ1n) is 40.2. The highest BCUT2D eigenvalue weighted by molar-refractivity contribution is 7.47. The van der Waals surface area contributed by atoms with Gasteiger partial charge in [0.25, 0.3) is 0 Å². The van der Waals surface area contributed by atoms with Crippen LogP contribution in [-0.4, -0.2) is 96.7 Å². The first-order valence-corrected chi connectivity index (χ1v) is 43.2. The van der Waals surface area contributed by atoms with Gasteiger partial charge >= 0.3 is 39.5 Å². The van der Waals surface area contributed by atoms with Crippen molar-refractivity contribution in [3.63, 3.8) is 0 Å². The molecule has 0 rings (SSSR count). The van der Waals surface area contributed by atoms with Crippen LogP contribution in [0.25, 0.3) is 0 Å². The lowest BCUT2D eigenvalue weighted by molar-refractivity contribution is -0.161. The Morgan fingerprint density at radius 2 is 0.500 bits per heavy atom. The summed E-state index contributed by atoms with van der Waals surface area (Å²) in [6.45, 7) is 4.92.